The summed E-state index contributed by atoms with van der Waals surface area (Å²) >= 11 is 0. The summed E-state index contributed by atoms with van der Waals surface area (Å²) in [5, 5.41) is 0. The Bertz CT molecular complexity index is 690. The van der Waals surface area contributed by atoms with E-state index in [0.717, 1.165) is 24.9 Å². The quantitative estimate of drug-likeness (QED) is 0.769. The van der Waals surface area contributed by atoms with Gasteiger partial charge in [-0.05, 0) is 50.7 Å². The molecule has 5 heteroatoms. The highest BCUT2D eigenvalue weighted by atomic mass is 16.2. The van der Waals surface area contributed by atoms with Gasteiger partial charge in [-0.15, -0.1) is 0 Å². The molecule has 0 bridgehead atoms. The molecule has 0 saturated carbocycles. The number of para-hydroxylation sites is 1. The van der Waals surface area contributed by atoms with Crippen molar-refractivity contribution in [2.75, 3.05) is 32.1 Å². The van der Waals surface area contributed by atoms with Gasteiger partial charge < -0.3 is 14.7 Å². The van der Waals surface area contributed by atoms with E-state index in [1.54, 1.807) is 19.0 Å². The van der Waals surface area contributed by atoms with Crippen LogP contribution in [-0.2, 0) is 4.79 Å². The molecule has 1 saturated heterocycles. The molecule has 3 rings (SSSR count). The molecule has 0 radical (unpaired) electrons. The summed E-state index contributed by atoms with van der Waals surface area (Å²) in [6.07, 6.45) is 2.44. The number of likely N-dealkylation sites (tertiary alicyclic amines) is 1. The Hall–Kier alpha value is -2.04. The minimum atomic E-state index is -0.193. The van der Waals surface area contributed by atoms with Gasteiger partial charge in [-0.2, -0.15) is 0 Å². The van der Waals surface area contributed by atoms with Gasteiger partial charge in [0, 0.05) is 44.3 Å². The molecule has 26 heavy (non-hydrogen) atoms. The number of anilines is 1. The molecule has 0 aliphatic carbocycles. The third kappa shape index (κ3) is 3.31. The summed E-state index contributed by atoms with van der Waals surface area (Å²) in [6.45, 7) is 7.89. The van der Waals surface area contributed by atoms with Crippen LogP contribution in [0.3, 0.4) is 0 Å². The smallest absolute Gasteiger partial charge is 0.319 e. The number of rotatable bonds is 1. The van der Waals surface area contributed by atoms with E-state index in [9.17, 15) is 9.59 Å². The second kappa shape index (κ2) is 6.93. The number of carbonyl (C=O) groups excluding carboxylic acids is 2. The first-order chi connectivity index (χ1) is 12.2. The molecular formula is C21H31N3O2. The van der Waals surface area contributed by atoms with Gasteiger partial charge in [0.25, 0.3) is 0 Å². The summed E-state index contributed by atoms with van der Waals surface area (Å²) in [5.41, 5.74) is 2.13. The first kappa shape index (κ1) is 18.7. The zero-order chi connectivity index (χ0) is 19.1. The van der Waals surface area contributed by atoms with Gasteiger partial charge >= 0.3 is 6.03 Å². The van der Waals surface area contributed by atoms with Gasteiger partial charge in [-0.25, -0.2) is 4.79 Å². The lowest BCUT2D eigenvalue weighted by atomic mass is 9.79. The van der Waals surface area contributed by atoms with Gasteiger partial charge in [-0.1, -0.05) is 25.1 Å². The van der Waals surface area contributed by atoms with Crippen molar-refractivity contribution in [3.63, 3.8) is 0 Å². The second-order valence-electron chi connectivity index (χ2n) is 8.59. The summed E-state index contributed by atoms with van der Waals surface area (Å²) in [7, 11) is 3.54. The number of urea groups is 1. The first-order valence-corrected chi connectivity index (χ1v) is 9.61. The molecule has 5 nitrogen and oxygen atoms in total. The van der Waals surface area contributed by atoms with E-state index in [-0.39, 0.29) is 23.4 Å². The third-order valence-electron chi connectivity index (χ3n) is 5.84. The van der Waals surface area contributed by atoms with Crippen LogP contribution >= 0.6 is 0 Å². The van der Waals surface area contributed by atoms with E-state index < -0.39 is 0 Å². The topological polar surface area (TPSA) is 43.9 Å². The van der Waals surface area contributed by atoms with Crippen molar-refractivity contribution in [3.05, 3.63) is 29.8 Å². The van der Waals surface area contributed by atoms with E-state index in [2.05, 4.69) is 39.0 Å². The summed E-state index contributed by atoms with van der Waals surface area (Å²) in [4.78, 5) is 31.1. The van der Waals surface area contributed by atoms with Crippen molar-refractivity contribution in [1.29, 1.82) is 0 Å². The lowest BCUT2D eigenvalue weighted by Crippen LogP contribution is -2.55. The standard InChI is InChI=1S/C21H31N3O2/c1-15-14-21(2,3)24(18-9-7-6-8-17(15)18)19(25)16-10-12-23(13-11-16)20(26)22(4)5/h6-9,15-16H,10-14H2,1-5H3/t15-/m1/s1. The van der Waals surface area contributed by atoms with Crippen LogP contribution in [0.1, 0.15) is 51.5 Å². The largest absolute Gasteiger partial charge is 0.331 e. The van der Waals surface area contributed by atoms with Gasteiger partial charge in [0.1, 0.15) is 0 Å². The van der Waals surface area contributed by atoms with Crippen LogP contribution in [0.15, 0.2) is 24.3 Å². The summed E-state index contributed by atoms with van der Waals surface area (Å²) < 4.78 is 0. The van der Waals surface area contributed by atoms with Crippen molar-refractivity contribution < 1.29 is 9.59 Å². The molecule has 2 aliphatic heterocycles. The molecule has 3 amide bonds. The number of amides is 3. The van der Waals surface area contributed by atoms with Crippen LogP contribution in [0.2, 0.25) is 0 Å². The number of hydrogen-bond acceptors (Lipinski definition) is 2. The highest BCUT2D eigenvalue weighted by molar-refractivity contribution is 5.98. The normalized spacial score (nSPS) is 22.7. The van der Waals surface area contributed by atoms with E-state index in [1.807, 2.05) is 15.9 Å². The van der Waals surface area contributed by atoms with Crippen LogP contribution in [0.4, 0.5) is 10.5 Å². The van der Waals surface area contributed by atoms with Crippen LogP contribution in [0.5, 0.6) is 0 Å². The highest BCUT2D eigenvalue weighted by Gasteiger charge is 2.42. The van der Waals surface area contributed by atoms with Gasteiger partial charge in [0.2, 0.25) is 5.91 Å². The van der Waals surface area contributed by atoms with E-state index >= 15 is 0 Å². The molecule has 0 aromatic heterocycles. The molecule has 0 spiro atoms. The van der Waals surface area contributed by atoms with Gasteiger partial charge in [0.15, 0.2) is 0 Å². The molecule has 1 aromatic carbocycles. The molecule has 142 valence electrons. The van der Waals surface area contributed by atoms with Crippen LogP contribution in [0, 0.1) is 5.92 Å². The molecule has 0 unspecified atom stereocenters. The van der Waals surface area contributed by atoms with E-state index in [0.29, 0.717) is 19.0 Å². The first-order valence-electron chi connectivity index (χ1n) is 9.61. The maximum Gasteiger partial charge on any atom is 0.319 e. The highest BCUT2D eigenvalue weighted by Crippen LogP contribution is 2.44. The molecule has 2 aliphatic rings. The number of nitrogens with zero attached hydrogens (tertiary/aromatic N) is 3. The number of fused-ring (bicyclic) bond motifs is 1. The summed E-state index contributed by atoms with van der Waals surface area (Å²) in [6, 6.07) is 8.34. The second-order valence-corrected chi connectivity index (χ2v) is 8.59. The number of carbonyl (C=O) groups is 2. The maximum absolute atomic E-state index is 13.5. The Kier molecular flexibility index (Phi) is 5.00. The molecule has 1 atom stereocenters. The Labute approximate surface area is 156 Å². The molecule has 0 N–H and O–H groups in total. The predicted molar refractivity (Wildman–Crippen MR) is 104 cm³/mol. The van der Waals surface area contributed by atoms with E-state index in [1.165, 1.54) is 5.56 Å². The Morgan fingerprint density at radius 1 is 1.12 bits per heavy atom. The van der Waals surface area contributed by atoms with Crippen molar-refractivity contribution in [3.8, 4) is 0 Å². The zero-order valence-corrected chi connectivity index (χ0v) is 16.7. The van der Waals surface area contributed by atoms with Crippen molar-refractivity contribution in [2.24, 2.45) is 5.92 Å². The fraction of sp³-hybridized carbons (Fsp3) is 0.619. The Balaban J connectivity index is 1.79. The minimum Gasteiger partial charge on any atom is -0.331 e. The molecule has 1 fully saturated rings. The maximum atomic E-state index is 13.5. The van der Waals surface area contributed by atoms with Gasteiger partial charge in [-0.3, -0.25) is 4.79 Å². The fourth-order valence-corrected chi connectivity index (χ4v) is 4.58. The van der Waals surface area contributed by atoms with Gasteiger partial charge in [0.05, 0.1) is 0 Å². The lowest BCUT2D eigenvalue weighted by molar-refractivity contribution is -0.125. The van der Waals surface area contributed by atoms with Crippen LogP contribution in [-0.4, -0.2) is 54.5 Å². The SMILES string of the molecule is C[C@@H]1CC(C)(C)N(C(=O)C2CCN(C(=O)N(C)C)CC2)c2ccccc21. The lowest BCUT2D eigenvalue weighted by Gasteiger charge is -2.48. The Morgan fingerprint density at radius 2 is 1.73 bits per heavy atom. The monoisotopic (exact) mass is 357 g/mol. The van der Waals surface area contributed by atoms with Crippen molar-refractivity contribution >= 4 is 17.6 Å². The molecule has 1 aromatic rings. The van der Waals surface area contributed by atoms with E-state index in [4.69, 9.17) is 0 Å². The molecular weight excluding hydrogens is 326 g/mol. The predicted octanol–water partition coefficient (Wildman–Crippen LogP) is 3.70. The van der Waals surface area contributed by atoms with Crippen LogP contribution in [0.25, 0.3) is 0 Å². The average molecular weight is 357 g/mol. The summed E-state index contributed by atoms with van der Waals surface area (Å²) in [5.74, 6) is 0.651. The number of piperidine rings is 1. The Morgan fingerprint density at radius 3 is 2.35 bits per heavy atom. The fourth-order valence-electron chi connectivity index (χ4n) is 4.58. The number of hydrogen-bond donors (Lipinski definition) is 0. The average Bonchev–Trinajstić information content (AvgIpc) is 2.60. The van der Waals surface area contributed by atoms with Crippen molar-refractivity contribution in [2.45, 2.75) is 51.5 Å². The minimum absolute atomic E-state index is 0.0121. The third-order valence-corrected chi connectivity index (χ3v) is 5.84. The molecule has 2 heterocycles. The number of benzene rings is 1. The van der Waals surface area contributed by atoms with Crippen LogP contribution < -0.4 is 4.90 Å². The zero-order valence-electron chi connectivity index (χ0n) is 16.7. The van der Waals surface area contributed by atoms with Crippen molar-refractivity contribution in [1.82, 2.24) is 9.80 Å².